The summed E-state index contributed by atoms with van der Waals surface area (Å²) < 4.78 is 11.3. The number of fused-ring (bicyclic) bond motifs is 2. The van der Waals surface area contributed by atoms with E-state index in [0.717, 1.165) is 19.4 Å². The van der Waals surface area contributed by atoms with E-state index in [1.54, 1.807) is 24.3 Å². The van der Waals surface area contributed by atoms with Crippen LogP contribution in [0.1, 0.15) is 42.5 Å². The predicted octanol–water partition coefficient (Wildman–Crippen LogP) is 2.30. The molecule has 0 aromatic heterocycles. The molecule has 1 aliphatic heterocycles. The van der Waals surface area contributed by atoms with Gasteiger partial charge < -0.3 is 62.3 Å². The van der Waals surface area contributed by atoms with Gasteiger partial charge in [0.1, 0.15) is 17.1 Å². The lowest BCUT2D eigenvalue weighted by Gasteiger charge is -2.18. The number of unbranched alkanes of at least 4 members (excludes halogenated alkanes) is 1. The number of carbonyl (C=O) groups excluding carboxylic acids is 3. The Labute approximate surface area is 334 Å². The van der Waals surface area contributed by atoms with Crippen molar-refractivity contribution in [3.63, 3.8) is 0 Å². The number of ether oxygens (including phenoxy) is 1. The molecule has 2 aliphatic rings. The Balaban J connectivity index is 1.09. The maximum Gasteiger partial charge on any atom is 0.336 e. The van der Waals surface area contributed by atoms with E-state index >= 15 is 0 Å². The quantitative estimate of drug-likeness (QED) is 0.0293. The minimum atomic E-state index is -1.19. The Morgan fingerprint density at radius 3 is 2.28 bits per heavy atom. The van der Waals surface area contributed by atoms with Gasteiger partial charge in [-0.1, -0.05) is 6.07 Å². The van der Waals surface area contributed by atoms with Crippen molar-refractivity contribution >= 4 is 57.8 Å². The Kier molecular flexibility index (Phi) is 17.9. The first kappa shape index (κ1) is 43.9. The van der Waals surface area contributed by atoms with Gasteiger partial charge in [-0.05, 0) is 86.5 Å². The van der Waals surface area contributed by atoms with E-state index < -0.39 is 5.97 Å². The number of thiocarbonyl (C=S) groups is 1. The fourth-order valence-electron chi connectivity index (χ4n) is 5.70. The van der Waals surface area contributed by atoms with Crippen LogP contribution in [0.2, 0.25) is 0 Å². The van der Waals surface area contributed by atoms with Crippen molar-refractivity contribution in [2.75, 3.05) is 70.9 Å². The lowest BCUT2D eigenvalue weighted by Crippen LogP contribution is -2.39. The van der Waals surface area contributed by atoms with E-state index in [-0.39, 0.29) is 83.8 Å². The molecule has 0 bridgehead atoms. The topological polar surface area (TPSA) is 258 Å². The number of amides is 4. The van der Waals surface area contributed by atoms with Crippen molar-refractivity contribution in [1.29, 1.82) is 0 Å². The SMILES string of the molecule is NCCCCNCCC(=O)NCCCNC(=O)NCCOCCC(=O)NCCNC(=S)Nc1ccc(-c2c3ccc(=O)cc-3oc3cc(O)ccc23)c(C(=O)O)c1. The number of hydrogen-bond donors (Lipinski definition) is 10. The molecule has 57 heavy (non-hydrogen) atoms. The Bertz CT molecular complexity index is 2030. The van der Waals surface area contributed by atoms with Crippen molar-refractivity contribution in [1.82, 2.24) is 31.9 Å². The van der Waals surface area contributed by atoms with Gasteiger partial charge in [-0.25, -0.2) is 9.59 Å². The number of nitrogens with two attached hydrogens (primary N) is 1. The van der Waals surface area contributed by atoms with Crippen LogP contribution in [0, 0.1) is 0 Å². The summed E-state index contributed by atoms with van der Waals surface area (Å²) in [6, 6.07) is 13.2. The Morgan fingerprint density at radius 1 is 0.737 bits per heavy atom. The third-order valence-corrected chi connectivity index (χ3v) is 8.74. The number of nitrogens with one attached hydrogen (secondary N) is 7. The lowest BCUT2D eigenvalue weighted by atomic mass is 9.90. The molecule has 0 saturated heterocycles. The number of urea groups is 1. The van der Waals surface area contributed by atoms with Gasteiger partial charge in [0.25, 0.3) is 0 Å². The molecular weight excluding hydrogens is 757 g/mol. The van der Waals surface area contributed by atoms with E-state index in [1.807, 2.05) is 0 Å². The summed E-state index contributed by atoms with van der Waals surface area (Å²) in [6.07, 6.45) is 3.06. The van der Waals surface area contributed by atoms with Crippen molar-refractivity contribution < 1.29 is 38.5 Å². The maximum atomic E-state index is 12.5. The Hall–Kier alpha value is -5.82. The van der Waals surface area contributed by atoms with E-state index in [1.165, 1.54) is 30.3 Å². The fourth-order valence-corrected chi connectivity index (χ4v) is 5.92. The molecule has 0 radical (unpaired) electrons. The summed E-state index contributed by atoms with van der Waals surface area (Å²) in [5, 5.41) is 41.1. The molecule has 0 fully saturated rings. The number of aromatic carboxylic acids is 1. The summed E-state index contributed by atoms with van der Waals surface area (Å²) in [7, 11) is 0. The minimum Gasteiger partial charge on any atom is -0.508 e. The number of rotatable bonds is 23. The molecule has 306 valence electrons. The number of carbonyl (C=O) groups is 4. The summed E-state index contributed by atoms with van der Waals surface area (Å²) >= 11 is 5.38. The number of phenolic OH excluding ortho intramolecular Hbond substituents is 1. The summed E-state index contributed by atoms with van der Waals surface area (Å²) in [4.78, 5) is 60.5. The number of benzene rings is 3. The number of hydrogen-bond acceptors (Lipinski definition) is 11. The standard InChI is InChI=1S/C39H50N8O9S/c40-12-1-2-13-41-16-10-34(50)42-14-3-15-44-38(54)45-19-21-55-20-11-35(51)43-17-18-46-39(57)47-25-4-7-28(31(22-25)37(52)53)36-29-8-5-26(48)23-32(29)56-33-24-27(49)6-9-30(33)36/h4-9,22-24,41,48H,1-3,10-21,40H2,(H,42,50)(H,43,51)(H,52,53)(H2,44,45,54)(H2,46,47,57). The second kappa shape index (κ2) is 23.3. The van der Waals surface area contributed by atoms with Crippen LogP contribution in [0.15, 0.2) is 63.8 Å². The second-order valence-electron chi connectivity index (χ2n) is 12.9. The fraction of sp³-hybridized carbons (Fsp3) is 0.385. The average Bonchev–Trinajstić information content (AvgIpc) is 3.18. The van der Waals surface area contributed by atoms with E-state index in [0.29, 0.717) is 73.3 Å². The maximum absolute atomic E-state index is 12.5. The molecule has 4 amide bonds. The van der Waals surface area contributed by atoms with Crippen molar-refractivity contribution in [3.05, 3.63) is 70.4 Å². The zero-order valence-electron chi connectivity index (χ0n) is 31.5. The van der Waals surface area contributed by atoms with Crippen LogP contribution in [0.4, 0.5) is 10.5 Å². The highest BCUT2D eigenvalue weighted by Crippen LogP contribution is 2.42. The average molecular weight is 807 g/mol. The van der Waals surface area contributed by atoms with Crippen LogP contribution in [0.25, 0.3) is 33.4 Å². The van der Waals surface area contributed by atoms with Crippen LogP contribution < -0.4 is 48.4 Å². The molecule has 0 spiro atoms. The molecule has 0 atom stereocenters. The van der Waals surface area contributed by atoms with Crippen LogP contribution in [-0.4, -0.2) is 105 Å². The van der Waals surface area contributed by atoms with Gasteiger partial charge in [-0.2, -0.15) is 0 Å². The molecule has 0 saturated carbocycles. The normalized spacial score (nSPS) is 10.9. The number of phenols is 1. The smallest absolute Gasteiger partial charge is 0.336 e. The minimum absolute atomic E-state index is 0.0344. The highest BCUT2D eigenvalue weighted by Gasteiger charge is 2.22. The first-order chi connectivity index (χ1) is 27.5. The molecule has 0 unspecified atom stereocenters. The molecule has 1 heterocycles. The van der Waals surface area contributed by atoms with E-state index in [2.05, 4.69) is 37.2 Å². The van der Waals surface area contributed by atoms with Gasteiger partial charge in [0.2, 0.25) is 11.8 Å². The molecular formula is C39H50N8O9S. The molecule has 2 aromatic carbocycles. The van der Waals surface area contributed by atoms with Crippen LogP contribution in [0.3, 0.4) is 0 Å². The zero-order chi connectivity index (χ0) is 41.0. The van der Waals surface area contributed by atoms with Crippen molar-refractivity contribution in [2.24, 2.45) is 5.73 Å². The van der Waals surface area contributed by atoms with E-state index in [9.17, 15) is 34.2 Å². The highest BCUT2D eigenvalue weighted by molar-refractivity contribution is 7.80. The number of aromatic hydroxyl groups is 1. The molecule has 18 heteroatoms. The lowest BCUT2D eigenvalue weighted by molar-refractivity contribution is -0.122. The first-order valence-corrected chi connectivity index (χ1v) is 19.1. The van der Waals surface area contributed by atoms with Crippen molar-refractivity contribution in [3.8, 4) is 28.2 Å². The number of carboxylic acid groups (broad SMARTS) is 1. The summed E-state index contributed by atoms with van der Waals surface area (Å²) in [5.41, 5.74) is 7.24. The summed E-state index contributed by atoms with van der Waals surface area (Å²) in [6.45, 7) is 4.20. The molecule has 2 aromatic rings. The van der Waals surface area contributed by atoms with Gasteiger partial charge in [-0.3, -0.25) is 14.4 Å². The van der Waals surface area contributed by atoms with Crippen LogP contribution in [0.5, 0.6) is 5.75 Å². The van der Waals surface area contributed by atoms with Gasteiger partial charge in [0.05, 0.1) is 18.8 Å². The van der Waals surface area contributed by atoms with Gasteiger partial charge in [-0.15, -0.1) is 0 Å². The molecule has 4 rings (SSSR count). The monoisotopic (exact) mass is 806 g/mol. The Morgan fingerprint density at radius 2 is 1.47 bits per heavy atom. The third kappa shape index (κ3) is 14.6. The van der Waals surface area contributed by atoms with E-state index in [4.69, 9.17) is 27.1 Å². The third-order valence-electron chi connectivity index (χ3n) is 8.49. The van der Waals surface area contributed by atoms with Crippen molar-refractivity contribution in [2.45, 2.75) is 32.1 Å². The van der Waals surface area contributed by atoms with Gasteiger partial charge >= 0.3 is 12.0 Å². The number of anilines is 1. The molecule has 1 aliphatic carbocycles. The predicted molar refractivity (Wildman–Crippen MR) is 221 cm³/mol. The summed E-state index contributed by atoms with van der Waals surface area (Å²) in [5.74, 6) is -1.27. The first-order valence-electron chi connectivity index (χ1n) is 18.7. The molecule has 17 nitrogen and oxygen atoms in total. The van der Waals surface area contributed by atoms with Gasteiger partial charge in [0, 0.05) is 86.4 Å². The van der Waals surface area contributed by atoms with Crippen LogP contribution >= 0.6 is 12.2 Å². The van der Waals surface area contributed by atoms with Gasteiger partial charge in [0.15, 0.2) is 10.5 Å². The zero-order valence-corrected chi connectivity index (χ0v) is 32.4. The largest absolute Gasteiger partial charge is 0.508 e. The number of carboxylic acids is 1. The second-order valence-corrected chi connectivity index (χ2v) is 13.3. The highest BCUT2D eigenvalue weighted by atomic mass is 32.1. The molecule has 11 N–H and O–H groups in total. The van der Waals surface area contributed by atoms with Crippen LogP contribution in [-0.2, 0) is 14.3 Å².